The van der Waals surface area contributed by atoms with Crippen LogP contribution in [-0.4, -0.2) is 49.9 Å². The molecule has 3 heterocycles. The minimum Gasteiger partial charge on any atom is -0.369 e. The molecule has 0 N–H and O–H groups in total. The molecule has 1 aromatic carbocycles. The molecule has 142 valence electrons. The lowest BCUT2D eigenvalue weighted by atomic mass is 10.1. The molecule has 1 amide bonds. The molecule has 0 saturated carbocycles. The second-order valence-electron chi connectivity index (χ2n) is 7.46. The van der Waals surface area contributed by atoms with E-state index < -0.39 is 9.84 Å². The second kappa shape index (κ2) is 6.64. The molecule has 1 aromatic heterocycles. The Balaban J connectivity index is 1.60. The van der Waals surface area contributed by atoms with Gasteiger partial charge in [-0.3, -0.25) is 9.78 Å². The van der Waals surface area contributed by atoms with E-state index >= 15 is 0 Å². The van der Waals surface area contributed by atoms with E-state index in [4.69, 9.17) is 0 Å². The van der Waals surface area contributed by atoms with Crippen molar-refractivity contribution in [2.45, 2.75) is 31.8 Å². The summed E-state index contributed by atoms with van der Waals surface area (Å²) in [5.41, 5.74) is 3.42. The summed E-state index contributed by atoms with van der Waals surface area (Å²) in [5.74, 6) is 0.295. The number of nitrogens with zero attached hydrogens (tertiary/aromatic N) is 3. The number of pyridine rings is 1. The predicted molar refractivity (Wildman–Crippen MR) is 106 cm³/mol. The van der Waals surface area contributed by atoms with Crippen molar-refractivity contribution in [2.24, 2.45) is 0 Å². The summed E-state index contributed by atoms with van der Waals surface area (Å²) in [4.78, 5) is 21.2. The molecule has 2 aromatic rings. The van der Waals surface area contributed by atoms with Crippen molar-refractivity contribution in [2.75, 3.05) is 28.4 Å². The van der Waals surface area contributed by atoms with Crippen molar-refractivity contribution in [3.8, 4) is 0 Å². The number of anilines is 2. The van der Waals surface area contributed by atoms with Crippen molar-refractivity contribution in [1.29, 1.82) is 0 Å². The van der Waals surface area contributed by atoms with E-state index in [0.29, 0.717) is 12.0 Å². The fraction of sp³-hybridized carbons (Fsp3) is 0.400. The highest BCUT2D eigenvalue weighted by atomic mass is 32.2. The van der Waals surface area contributed by atoms with Crippen LogP contribution in [-0.2, 0) is 16.3 Å². The van der Waals surface area contributed by atoms with Crippen LogP contribution >= 0.6 is 0 Å². The molecule has 27 heavy (non-hydrogen) atoms. The Hall–Kier alpha value is -2.41. The Labute approximate surface area is 159 Å². The van der Waals surface area contributed by atoms with Gasteiger partial charge in [0.25, 0.3) is 5.91 Å². The molecular weight excluding hydrogens is 362 g/mol. The van der Waals surface area contributed by atoms with Gasteiger partial charge < -0.3 is 9.80 Å². The first kappa shape index (κ1) is 18.0. The van der Waals surface area contributed by atoms with Crippen molar-refractivity contribution >= 4 is 27.1 Å². The van der Waals surface area contributed by atoms with Gasteiger partial charge in [0.1, 0.15) is 0 Å². The van der Waals surface area contributed by atoms with Gasteiger partial charge in [0.05, 0.1) is 29.0 Å². The first-order valence-corrected chi connectivity index (χ1v) is 11.0. The molecule has 7 heteroatoms. The molecule has 2 aliphatic rings. The van der Waals surface area contributed by atoms with Crippen LogP contribution in [0.15, 0.2) is 42.7 Å². The molecule has 2 aliphatic heterocycles. The molecule has 6 nitrogen and oxygen atoms in total. The number of aromatic nitrogens is 1. The van der Waals surface area contributed by atoms with Gasteiger partial charge in [-0.15, -0.1) is 0 Å². The number of hydrogen-bond acceptors (Lipinski definition) is 5. The summed E-state index contributed by atoms with van der Waals surface area (Å²) in [7, 11) is -1.10. The van der Waals surface area contributed by atoms with E-state index in [1.54, 1.807) is 12.4 Å². The summed E-state index contributed by atoms with van der Waals surface area (Å²) in [6.07, 6.45) is 4.71. The summed E-state index contributed by atoms with van der Waals surface area (Å²) < 4.78 is 23.6. The predicted octanol–water partition coefficient (Wildman–Crippen LogP) is 2.30. The first-order valence-electron chi connectivity index (χ1n) is 9.15. The van der Waals surface area contributed by atoms with E-state index in [2.05, 4.69) is 11.1 Å². The van der Waals surface area contributed by atoms with Crippen LogP contribution in [0.3, 0.4) is 0 Å². The van der Waals surface area contributed by atoms with Crippen molar-refractivity contribution in [3.63, 3.8) is 0 Å². The Morgan fingerprint density at radius 2 is 2.04 bits per heavy atom. The SMILES string of the molecule is CC1Cc2ccccc2N1C(=O)c1cncc(N(C)C2CCS(=O)(=O)C2)c1. The Morgan fingerprint density at radius 3 is 2.78 bits per heavy atom. The highest BCUT2D eigenvalue weighted by Crippen LogP contribution is 2.33. The third kappa shape index (κ3) is 3.32. The molecule has 2 unspecified atom stereocenters. The molecule has 1 fully saturated rings. The minimum absolute atomic E-state index is 0.0748. The van der Waals surface area contributed by atoms with Crippen LogP contribution in [0.4, 0.5) is 11.4 Å². The van der Waals surface area contributed by atoms with Crippen molar-refractivity contribution < 1.29 is 13.2 Å². The molecule has 0 bridgehead atoms. The van der Waals surface area contributed by atoms with Gasteiger partial charge in [0, 0.05) is 31.0 Å². The largest absolute Gasteiger partial charge is 0.369 e. The lowest BCUT2D eigenvalue weighted by Gasteiger charge is -2.27. The van der Waals surface area contributed by atoms with Gasteiger partial charge >= 0.3 is 0 Å². The van der Waals surface area contributed by atoms with Gasteiger partial charge in [-0.25, -0.2) is 8.42 Å². The van der Waals surface area contributed by atoms with Crippen molar-refractivity contribution in [1.82, 2.24) is 4.98 Å². The van der Waals surface area contributed by atoms with Gasteiger partial charge in [-0.05, 0) is 37.5 Å². The zero-order valence-electron chi connectivity index (χ0n) is 15.5. The van der Waals surface area contributed by atoms with Gasteiger partial charge in [0.2, 0.25) is 0 Å². The summed E-state index contributed by atoms with van der Waals surface area (Å²) in [5, 5.41) is 0. The lowest BCUT2D eigenvalue weighted by Crippen LogP contribution is -2.36. The van der Waals surface area contributed by atoms with Gasteiger partial charge in [0.15, 0.2) is 9.84 Å². The van der Waals surface area contributed by atoms with Gasteiger partial charge in [-0.1, -0.05) is 18.2 Å². The zero-order chi connectivity index (χ0) is 19.2. The molecule has 0 spiro atoms. The van der Waals surface area contributed by atoms with E-state index in [1.807, 2.05) is 48.0 Å². The molecule has 0 aliphatic carbocycles. The van der Waals surface area contributed by atoms with Crippen molar-refractivity contribution in [3.05, 3.63) is 53.9 Å². The fourth-order valence-corrected chi connectivity index (χ4v) is 5.82. The Kier molecular flexibility index (Phi) is 4.42. The highest BCUT2D eigenvalue weighted by molar-refractivity contribution is 7.91. The third-order valence-corrected chi connectivity index (χ3v) is 7.31. The zero-order valence-corrected chi connectivity index (χ0v) is 16.3. The summed E-state index contributed by atoms with van der Waals surface area (Å²) in [6, 6.07) is 9.80. The standard InChI is InChI=1S/C20H23N3O3S/c1-14-9-15-5-3-4-6-19(15)23(14)20(24)16-10-18(12-21-11-16)22(2)17-7-8-27(25,26)13-17/h3-6,10-12,14,17H,7-9,13H2,1-2H3. The number of rotatable bonds is 3. The van der Waals surface area contributed by atoms with Crippen LogP contribution in [0.2, 0.25) is 0 Å². The maximum absolute atomic E-state index is 13.2. The Morgan fingerprint density at radius 1 is 1.26 bits per heavy atom. The normalized spacial score (nSPS) is 23.3. The number of para-hydroxylation sites is 1. The number of carbonyl (C=O) groups excluding carboxylic acids is 1. The number of sulfone groups is 1. The number of amides is 1. The monoisotopic (exact) mass is 385 g/mol. The molecular formula is C20H23N3O3S. The van der Waals surface area contributed by atoms with Crippen LogP contribution in [0.1, 0.15) is 29.3 Å². The fourth-order valence-electron chi connectivity index (χ4n) is 4.04. The quantitative estimate of drug-likeness (QED) is 0.811. The average molecular weight is 385 g/mol. The molecule has 4 rings (SSSR count). The number of hydrogen-bond donors (Lipinski definition) is 0. The maximum atomic E-state index is 13.2. The van der Waals surface area contributed by atoms with E-state index in [1.165, 1.54) is 5.56 Å². The third-order valence-electron chi connectivity index (χ3n) is 5.56. The highest BCUT2D eigenvalue weighted by Gasteiger charge is 2.33. The number of carbonyl (C=O) groups is 1. The van der Waals surface area contributed by atoms with E-state index in [-0.39, 0.29) is 29.5 Å². The lowest BCUT2D eigenvalue weighted by molar-refractivity contribution is 0.0981. The first-order chi connectivity index (χ1) is 12.9. The Bertz CT molecular complexity index is 989. The number of fused-ring (bicyclic) bond motifs is 1. The second-order valence-corrected chi connectivity index (χ2v) is 9.69. The topological polar surface area (TPSA) is 70.6 Å². The maximum Gasteiger partial charge on any atom is 0.260 e. The smallest absolute Gasteiger partial charge is 0.260 e. The molecule has 1 saturated heterocycles. The molecule has 2 atom stereocenters. The van der Waals surface area contributed by atoms with Gasteiger partial charge in [-0.2, -0.15) is 0 Å². The van der Waals surface area contributed by atoms with Crippen LogP contribution in [0, 0.1) is 0 Å². The number of benzene rings is 1. The van der Waals surface area contributed by atoms with Crippen LogP contribution in [0.5, 0.6) is 0 Å². The minimum atomic E-state index is -2.97. The van der Waals surface area contributed by atoms with Crippen LogP contribution < -0.4 is 9.80 Å². The average Bonchev–Trinajstić information content (AvgIpc) is 3.19. The summed E-state index contributed by atoms with van der Waals surface area (Å²) >= 11 is 0. The summed E-state index contributed by atoms with van der Waals surface area (Å²) in [6.45, 7) is 2.05. The van der Waals surface area contributed by atoms with Crippen LogP contribution in [0.25, 0.3) is 0 Å². The van der Waals surface area contributed by atoms with E-state index in [0.717, 1.165) is 17.8 Å². The van der Waals surface area contributed by atoms with E-state index in [9.17, 15) is 13.2 Å². The molecule has 0 radical (unpaired) electrons.